The molecule has 0 aromatic carbocycles. The molecule has 1 aromatic heterocycles. The molecule has 0 bridgehead atoms. The molecule has 1 rings (SSSR count). The van der Waals surface area contributed by atoms with Gasteiger partial charge in [0.1, 0.15) is 5.82 Å². The maximum absolute atomic E-state index is 10.8. The average molecular weight is 190 g/mol. The summed E-state index contributed by atoms with van der Waals surface area (Å²) < 4.78 is 23.9. The highest BCUT2D eigenvalue weighted by Gasteiger charge is 2.12. The molecule has 0 unspecified atom stereocenters. The van der Waals surface area contributed by atoms with Gasteiger partial charge in [-0.25, -0.2) is 14.8 Å². The molecule has 12 heavy (non-hydrogen) atoms. The number of aryl methyl sites for hydroxylation is 1. The van der Waals surface area contributed by atoms with Crippen molar-refractivity contribution in [3.8, 4) is 0 Å². The molecule has 2 N–H and O–H groups in total. The Hall–Kier alpha value is -1.08. The van der Waals surface area contributed by atoms with Gasteiger partial charge in [-0.3, -0.25) is 0 Å². The Bertz CT molecular complexity index is 369. The van der Waals surface area contributed by atoms with Crippen molar-refractivity contribution in [2.45, 2.75) is 6.92 Å². The van der Waals surface area contributed by atoms with Crippen LogP contribution < -0.4 is 9.55 Å². The summed E-state index contributed by atoms with van der Waals surface area (Å²) in [5.74, 6) is 0.562. The fourth-order valence-electron chi connectivity index (χ4n) is 0.792. The number of aromatic nitrogens is 2. The van der Waals surface area contributed by atoms with Crippen molar-refractivity contribution in [3.05, 3.63) is 18.2 Å². The van der Waals surface area contributed by atoms with Crippen LogP contribution >= 0.6 is 0 Å². The van der Waals surface area contributed by atoms with Crippen molar-refractivity contribution in [3.63, 3.8) is 0 Å². The molecule has 0 atom stereocenters. The van der Waals surface area contributed by atoms with E-state index >= 15 is 0 Å². The van der Waals surface area contributed by atoms with Crippen molar-refractivity contribution < 1.29 is 8.42 Å². The van der Waals surface area contributed by atoms with Gasteiger partial charge >= 0.3 is 10.2 Å². The number of imidazole rings is 1. The van der Waals surface area contributed by atoms with Crippen LogP contribution in [0.4, 0.5) is 0 Å². The second kappa shape index (κ2) is 2.76. The van der Waals surface area contributed by atoms with Crippen LogP contribution in [0, 0.1) is 6.92 Å². The Labute approximate surface area is 70.8 Å². The molecule has 0 saturated carbocycles. The maximum Gasteiger partial charge on any atom is 0.312 e. The minimum atomic E-state index is -3.69. The lowest BCUT2D eigenvalue weighted by Gasteiger charge is -2.17. The number of rotatable bonds is 2. The molecular weight excluding hydrogens is 180 g/mol. The first-order valence-electron chi connectivity index (χ1n) is 3.20. The third-order valence-electron chi connectivity index (χ3n) is 1.47. The predicted molar refractivity (Wildman–Crippen MR) is 44.2 cm³/mol. The van der Waals surface area contributed by atoms with Crippen LogP contribution in [0.5, 0.6) is 0 Å². The fourth-order valence-corrected chi connectivity index (χ4v) is 1.21. The van der Waals surface area contributed by atoms with Gasteiger partial charge in [0, 0.05) is 19.4 Å². The lowest BCUT2D eigenvalue weighted by molar-refractivity contribution is 0.578. The van der Waals surface area contributed by atoms with Gasteiger partial charge in [-0.05, 0) is 6.92 Å². The molecule has 0 fully saturated rings. The van der Waals surface area contributed by atoms with Crippen molar-refractivity contribution in [2.24, 2.45) is 5.14 Å². The fraction of sp³-hybridized carbons (Fsp3) is 0.400. The first-order chi connectivity index (χ1) is 5.43. The van der Waals surface area contributed by atoms with E-state index in [1.165, 1.54) is 24.1 Å². The summed E-state index contributed by atoms with van der Waals surface area (Å²) in [7, 11) is -2.34. The summed E-state index contributed by atoms with van der Waals surface area (Å²) in [4.78, 5) is 3.85. The molecule has 0 aliphatic heterocycles. The smallest absolute Gasteiger partial charge is 0.240 e. The Morgan fingerprint density at radius 2 is 2.25 bits per heavy atom. The quantitative estimate of drug-likeness (QED) is 0.647. The van der Waals surface area contributed by atoms with Gasteiger partial charge in [0.25, 0.3) is 0 Å². The Morgan fingerprint density at radius 3 is 2.58 bits per heavy atom. The molecule has 0 aliphatic carbocycles. The van der Waals surface area contributed by atoms with E-state index < -0.39 is 10.2 Å². The van der Waals surface area contributed by atoms with Gasteiger partial charge in [0.15, 0.2) is 0 Å². The Balaban J connectivity index is 3.09. The van der Waals surface area contributed by atoms with Crippen LogP contribution in [0.1, 0.15) is 5.82 Å². The third-order valence-corrected chi connectivity index (χ3v) is 2.39. The lowest BCUT2D eigenvalue weighted by Crippen LogP contribution is -2.41. The van der Waals surface area contributed by atoms with Gasteiger partial charge in [0.2, 0.25) is 0 Å². The SMILES string of the molecule is Cc1nccn1N(C)S(N)(=O)=O. The molecule has 1 heterocycles. The summed E-state index contributed by atoms with van der Waals surface area (Å²) in [6.45, 7) is 1.68. The van der Waals surface area contributed by atoms with Gasteiger partial charge < -0.3 is 0 Å². The number of nitrogens with two attached hydrogens (primary N) is 1. The van der Waals surface area contributed by atoms with E-state index in [-0.39, 0.29) is 0 Å². The standard InChI is InChI=1S/C5H10N4O2S/c1-5-7-3-4-9(5)8(2)12(6,10)11/h3-4H,1-2H3,(H2,6,10,11). The summed E-state index contributed by atoms with van der Waals surface area (Å²) in [5, 5.41) is 4.89. The zero-order chi connectivity index (χ0) is 9.35. The number of nitrogens with zero attached hydrogens (tertiary/aromatic N) is 3. The van der Waals surface area contributed by atoms with Crippen LogP contribution in [0.2, 0.25) is 0 Å². The highest BCUT2D eigenvalue weighted by atomic mass is 32.2. The first kappa shape index (κ1) is 9.01. The average Bonchev–Trinajstić information content (AvgIpc) is 2.31. The van der Waals surface area contributed by atoms with Gasteiger partial charge in [-0.1, -0.05) is 0 Å². The lowest BCUT2D eigenvalue weighted by atomic mass is 10.7. The summed E-state index contributed by atoms with van der Waals surface area (Å²) in [6, 6.07) is 0. The largest absolute Gasteiger partial charge is 0.312 e. The van der Waals surface area contributed by atoms with Crippen LogP contribution in [-0.2, 0) is 10.2 Å². The van der Waals surface area contributed by atoms with E-state index in [1.54, 1.807) is 6.92 Å². The molecular formula is C5H10N4O2S. The maximum atomic E-state index is 10.8. The van der Waals surface area contributed by atoms with Crippen LogP contribution in [0.15, 0.2) is 12.4 Å². The minimum Gasteiger partial charge on any atom is -0.240 e. The summed E-state index contributed by atoms with van der Waals surface area (Å²) in [5.41, 5.74) is 0. The number of hydrogen-bond acceptors (Lipinski definition) is 3. The molecule has 68 valence electrons. The first-order valence-corrected chi connectivity index (χ1v) is 4.70. The summed E-state index contributed by atoms with van der Waals surface area (Å²) in [6.07, 6.45) is 3.01. The van der Waals surface area contributed by atoms with Gasteiger partial charge in [-0.15, -0.1) is 0 Å². The monoisotopic (exact) mass is 190 g/mol. The molecule has 0 spiro atoms. The van der Waals surface area contributed by atoms with E-state index in [1.807, 2.05) is 0 Å². The number of hydrogen-bond donors (Lipinski definition) is 1. The van der Waals surface area contributed by atoms with Gasteiger partial charge in [-0.2, -0.15) is 12.8 Å². The molecule has 1 aromatic rings. The van der Waals surface area contributed by atoms with Crippen molar-refractivity contribution in [1.29, 1.82) is 0 Å². The molecule has 7 heteroatoms. The van der Waals surface area contributed by atoms with E-state index in [9.17, 15) is 8.42 Å². The Morgan fingerprint density at radius 1 is 1.67 bits per heavy atom. The van der Waals surface area contributed by atoms with E-state index in [0.29, 0.717) is 5.82 Å². The zero-order valence-corrected chi connectivity index (χ0v) is 7.61. The minimum absolute atomic E-state index is 0.562. The van der Waals surface area contributed by atoms with E-state index in [4.69, 9.17) is 5.14 Å². The van der Waals surface area contributed by atoms with Crippen molar-refractivity contribution in [2.75, 3.05) is 11.5 Å². The second-order valence-electron chi connectivity index (χ2n) is 2.30. The van der Waals surface area contributed by atoms with E-state index in [2.05, 4.69) is 4.98 Å². The normalized spacial score (nSPS) is 11.6. The highest BCUT2D eigenvalue weighted by Crippen LogP contribution is 1.97. The van der Waals surface area contributed by atoms with Crippen molar-refractivity contribution in [1.82, 2.24) is 9.66 Å². The third kappa shape index (κ3) is 1.56. The van der Waals surface area contributed by atoms with Crippen LogP contribution in [0.3, 0.4) is 0 Å². The van der Waals surface area contributed by atoms with E-state index in [0.717, 1.165) is 4.41 Å². The molecule has 0 saturated heterocycles. The molecule has 0 amide bonds. The topological polar surface area (TPSA) is 81.2 Å². The molecule has 0 radical (unpaired) electrons. The predicted octanol–water partition coefficient (Wildman–Crippen LogP) is -1.04. The van der Waals surface area contributed by atoms with Crippen LogP contribution in [0.25, 0.3) is 0 Å². The van der Waals surface area contributed by atoms with Crippen LogP contribution in [-0.4, -0.2) is 25.1 Å². The molecule has 0 aliphatic rings. The summed E-state index contributed by atoms with van der Waals surface area (Å²) >= 11 is 0. The highest BCUT2D eigenvalue weighted by molar-refractivity contribution is 7.90. The van der Waals surface area contributed by atoms with Crippen molar-refractivity contribution >= 4 is 10.2 Å². The Kier molecular flexibility index (Phi) is 2.07. The second-order valence-corrected chi connectivity index (χ2v) is 3.86. The molecule has 6 nitrogen and oxygen atoms in total. The zero-order valence-electron chi connectivity index (χ0n) is 6.80. The van der Waals surface area contributed by atoms with Gasteiger partial charge in [0.05, 0.1) is 0 Å².